The average Bonchev–Trinajstić information content (AvgIpc) is 3.83. The Hall–Kier alpha value is -6.22. The van der Waals surface area contributed by atoms with Crippen molar-refractivity contribution in [1.29, 1.82) is 0 Å². The first-order valence-corrected chi connectivity index (χ1v) is 19.2. The summed E-state index contributed by atoms with van der Waals surface area (Å²) >= 11 is 1.89. The van der Waals surface area contributed by atoms with Gasteiger partial charge in [0, 0.05) is 42.0 Å². The lowest BCUT2D eigenvalue weighted by molar-refractivity contribution is 0.660. The van der Waals surface area contributed by atoms with E-state index in [1.165, 1.54) is 97.6 Å². The molecular weight excluding hydrogens is 659 g/mol. The van der Waals surface area contributed by atoms with Crippen LogP contribution in [0.3, 0.4) is 0 Å². The van der Waals surface area contributed by atoms with Crippen LogP contribution in [0.2, 0.25) is 0 Å². The van der Waals surface area contributed by atoms with Gasteiger partial charge in [-0.05, 0) is 92.0 Å². The summed E-state index contributed by atoms with van der Waals surface area (Å²) in [5.74, 6) is 0. The fourth-order valence-corrected chi connectivity index (χ4v) is 10.3. The van der Waals surface area contributed by atoms with Crippen molar-refractivity contribution in [3.05, 3.63) is 187 Å². The highest BCUT2D eigenvalue weighted by atomic mass is 32.1. The molecule has 0 radical (unpaired) electrons. The summed E-state index contributed by atoms with van der Waals surface area (Å²) in [7, 11) is 0. The fourth-order valence-electron chi connectivity index (χ4n) is 9.06. The number of fused-ring (bicyclic) bond motifs is 9. The third kappa shape index (κ3) is 4.49. The maximum atomic E-state index is 2.46. The van der Waals surface area contributed by atoms with Gasteiger partial charge in [0.1, 0.15) is 0 Å². The van der Waals surface area contributed by atoms with Crippen molar-refractivity contribution in [2.24, 2.45) is 0 Å². The number of thiophene rings is 1. The minimum absolute atomic E-state index is 0.0479. The summed E-state index contributed by atoms with van der Waals surface area (Å²) in [4.78, 5) is 0. The van der Waals surface area contributed by atoms with Gasteiger partial charge in [0.05, 0.1) is 11.0 Å². The molecule has 10 aromatic rings. The minimum Gasteiger partial charge on any atom is -0.309 e. The van der Waals surface area contributed by atoms with E-state index in [0.29, 0.717) is 0 Å². The van der Waals surface area contributed by atoms with Gasteiger partial charge >= 0.3 is 0 Å². The lowest BCUT2D eigenvalue weighted by Crippen LogP contribution is -2.14. The summed E-state index contributed by atoms with van der Waals surface area (Å²) in [5, 5.41) is 5.18. The number of benzene rings is 8. The second-order valence-corrected chi connectivity index (χ2v) is 15.9. The molecule has 250 valence electrons. The Balaban J connectivity index is 1.08. The van der Waals surface area contributed by atoms with E-state index < -0.39 is 0 Å². The molecule has 2 heteroatoms. The van der Waals surface area contributed by atoms with Crippen LogP contribution in [0.1, 0.15) is 25.0 Å². The van der Waals surface area contributed by atoms with Gasteiger partial charge in [-0.3, -0.25) is 0 Å². The van der Waals surface area contributed by atoms with Crippen molar-refractivity contribution in [3.63, 3.8) is 0 Å². The first-order chi connectivity index (χ1) is 26.0. The van der Waals surface area contributed by atoms with E-state index in [0.717, 1.165) is 5.69 Å². The summed E-state index contributed by atoms with van der Waals surface area (Å²) in [5.41, 5.74) is 16.5. The smallest absolute Gasteiger partial charge is 0.0547 e. The van der Waals surface area contributed by atoms with Gasteiger partial charge in [0.2, 0.25) is 0 Å². The van der Waals surface area contributed by atoms with Crippen molar-refractivity contribution >= 4 is 53.3 Å². The molecule has 11 rings (SSSR count). The van der Waals surface area contributed by atoms with Gasteiger partial charge in [0.15, 0.2) is 0 Å². The van der Waals surface area contributed by atoms with E-state index >= 15 is 0 Å². The second-order valence-electron chi connectivity index (χ2n) is 14.9. The molecule has 0 N–H and O–H groups in total. The normalized spacial score (nSPS) is 13.2. The predicted molar refractivity (Wildman–Crippen MR) is 228 cm³/mol. The van der Waals surface area contributed by atoms with Crippen LogP contribution >= 0.6 is 11.3 Å². The highest BCUT2D eigenvalue weighted by Gasteiger charge is 2.35. The Morgan fingerprint density at radius 3 is 1.87 bits per heavy atom. The number of hydrogen-bond acceptors (Lipinski definition) is 1. The Morgan fingerprint density at radius 1 is 0.396 bits per heavy atom. The Bertz CT molecular complexity index is 3100. The Labute approximate surface area is 313 Å². The number of aromatic nitrogens is 1. The molecule has 53 heavy (non-hydrogen) atoms. The molecule has 0 spiro atoms. The van der Waals surface area contributed by atoms with Gasteiger partial charge in [-0.15, -0.1) is 11.3 Å². The molecule has 1 nitrogen and oxygen atoms in total. The third-order valence-electron chi connectivity index (χ3n) is 11.6. The molecule has 1 aliphatic rings. The minimum atomic E-state index is -0.0479. The number of para-hydroxylation sites is 1. The Morgan fingerprint density at radius 2 is 1.00 bits per heavy atom. The molecule has 0 aliphatic heterocycles. The van der Waals surface area contributed by atoms with E-state index in [1.807, 2.05) is 11.3 Å². The molecule has 0 fully saturated rings. The van der Waals surface area contributed by atoms with E-state index in [-0.39, 0.29) is 5.41 Å². The first-order valence-electron chi connectivity index (χ1n) is 18.4. The molecule has 1 aliphatic carbocycles. The lowest BCUT2D eigenvalue weighted by Gasteiger charge is -2.22. The lowest BCUT2D eigenvalue weighted by atomic mass is 9.81. The van der Waals surface area contributed by atoms with Crippen LogP contribution in [0.25, 0.3) is 92.2 Å². The molecular formula is C51H35NS. The van der Waals surface area contributed by atoms with E-state index in [2.05, 4.69) is 194 Å². The fraction of sp³-hybridized carbons (Fsp3) is 0.0588. The molecule has 2 heterocycles. The first kappa shape index (κ1) is 30.4. The quantitative estimate of drug-likeness (QED) is 0.173. The number of rotatable bonds is 4. The van der Waals surface area contributed by atoms with E-state index in [4.69, 9.17) is 0 Å². The SMILES string of the molecule is CC1(C)c2ccccc2-c2ccc(-c3ccccc3-c3ccc4c5ccccc5n(-c5cccc(-c6cccc7c6sc6ccccc67)c5)c4c3)cc21. The maximum Gasteiger partial charge on any atom is 0.0547 e. The summed E-state index contributed by atoms with van der Waals surface area (Å²) in [6.45, 7) is 4.72. The van der Waals surface area contributed by atoms with Crippen LogP contribution in [0.4, 0.5) is 0 Å². The highest BCUT2D eigenvalue weighted by Crippen LogP contribution is 2.50. The molecule has 8 aromatic carbocycles. The van der Waals surface area contributed by atoms with Crippen molar-refractivity contribution in [1.82, 2.24) is 4.57 Å². The Kier molecular flexibility index (Phi) is 6.53. The van der Waals surface area contributed by atoms with Crippen LogP contribution in [0.15, 0.2) is 176 Å². The van der Waals surface area contributed by atoms with Gasteiger partial charge in [-0.2, -0.15) is 0 Å². The zero-order valence-corrected chi connectivity index (χ0v) is 30.4. The van der Waals surface area contributed by atoms with E-state index in [9.17, 15) is 0 Å². The maximum absolute atomic E-state index is 2.46. The zero-order valence-electron chi connectivity index (χ0n) is 29.6. The largest absolute Gasteiger partial charge is 0.309 e. The second kappa shape index (κ2) is 11.4. The van der Waals surface area contributed by atoms with E-state index in [1.54, 1.807) is 0 Å². The van der Waals surface area contributed by atoms with Crippen LogP contribution in [0, 0.1) is 0 Å². The molecule has 0 saturated heterocycles. The van der Waals surface area contributed by atoms with Crippen molar-refractivity contribution in [3.8, 4) is 50.2 Å². The van der Waals surface area contributed by atoms with Crippen LogP contribution in [-0.2, 0) is 5.41 Å². The predicted octanol–water partition coefficient (Wildman–Crippen LogP) is 14.5. The van der Waals surface area contributed by atoms with Crippen molar-refractivity contribution in [2.45, 2.75) is 19.3 Å². The molecule has 0 amide bonds. The third-order valence-corrected chi connectivity index (χ3v) is 12.8. The standard InChI is InChI=1S/C51H35NS/c1-51(2)45-22-8-5-17-39(45)40-27-25-33(30-46(40)51)36-15-3-4-16-37(36)34-26-28-42-41-18-6-9-23-47(41)52(48(42)31-34)35-14-11-13-32(29-35)38-20-12-21-44-43-19-7-10-24-49(43)53-50(38)44/h3-31H,1-2H3. The number of hydrogen-bond donors (Lipinski definition) is 0. The summed E-state index contributed by atoms with van der Waals surface area (Å²) in [6.07, 6.45) is 0. The number of nitrogens with zero attached hydrogens (tertiary/aromatic N) is 1. The summed E-state index contributed by atoms with van der Waals surface area (Å²) in [6, 6.07) is 65.3. The molecule has 0 saturated carbocycles. The van der Waals surface area contributed by atoms with Crippen molar-refractivity contribution in [2.75, 3.05) is 0 Å². The van der Waals surface area contributed by atoms with Gasteiger partial charge in [-0.25, -0.2) is 0 Å². The van der Waals surface area contributed by atoms with Crippen LogP contribution < -0.4 is 0 Å². The highest BCUT2D eigenvalue weighted by molar-refractivity contribution is 7.26. The molecule has 2 aromatic heterocycles. The average molecular weight is 694 g/mol. The zero-order chi connectivity index (χ0) is 35.3. The van der Waals surface area contributed by atoms with Gasteiger partial charge < -0.3 is 4.57 Å². The van der Waals surface area contributed by atoms with Gasteiger partial charge in [-0.1, -0.05) is 153 Å². The molecule has 0 unspecified atom stereocenters. The molecule has 0 atom stereocenters. The summed E-state index contributed by atoms with van der Waals surface area (Å²) < 4.78 is 5.13. The van der Waals surface area contributed by atoms with Crippen molar-refractivity contribution < 1.29 is 0 Å². The topological polar surface area (TPSA) is 4.93 Å². The van der Waals surface area contributed by atoms with Crippen LogP contribution in [-0.4, -0.2) is 4.57 Å². The van der Waals surface area contributed by atoms with Gasteiger partial charge in [0.25, 0.3) is 0 Å². The monoisotopic (exact) mass is 693 g/mol. The molecule has 0 bridgehead atoms. The van der Waals surface area contributed by atoms with Crippen LogP contribution in [0.5, 0.6) is 0 Å².